The Morgan fingerprint density at radius 1 is 1.13 bits per heavy atom. The van der Waals surface area contributed by atoms with Gasteiger partial charge < -0.3 is 5.32 Å². The molecular formula is C16H17ClN2O3S. The molecule has 2 aromatic carbocycles. The summed E-state index contributed by atoms with van der Waals surface area (Å²) in [6.45, 7) is 1.78. The van der Waals surface area contributed by atoms with Gasteiger partial charge in [0.15, 0.2) is 0 Å². The Bertz CT molecular complexity index is 818. The van der Waals surface area contributed by atoms with Crippen LogP contribution in [0.4, 0.5) is 11.4 Å². The van der Waals surface area contributed by atoms with Crippen molar-refractivity contribution in [1.29, 1.82) is 0 Å². The standard InChI is InChI=1S/C16H17ClN2O3S/c1-11-3-8-14(10-15(11)19-23(2,21)22)18-16(20)9-12-4-6-13(17)7-5-12/h3-8,10,19H,9H2,1-2H3,(H,18,20). The number of rotatable bonds is 5. The Hall–Kier alpha value is -2.05. The molecule has 0 radical (unpaired) electrons. The van der Waals surface area contributed by atoms with E-state index in [4.69, 9.17) is 11.6 Å². The number of aryl methyl sites for hydroxylation is 1. The summed E-state index contributed by atoms with van der Waals surface area (Å²) in [6.07, 6.45) is 1.29. The summed E-state index contributed by atoms with van der Waals surface area (Å²) in [5, 5.41) is 3.37. The zero-order valence-corrected chi connectivity index (χ0v) is 14.3. The summed E-state index contributed by atoms with van der Waals surface area (Å²) in [5.74, 6) is -0.193. The summed E-state index contributed by atoms with van der Waals surface area (Å²) >= 11 is 5.81. The van der Waals surface area contributed by atoms with E-state index in [0.29, 0.717) is 16.4 Å². The van der Waals surface area contributed by atoms with Gasteiger partial charge >= 0.3 is 0 Å². The van der Waals surface area contributed by atoms with Gasteiger partial charge in [0.05, 0.1) is 18.4 Å². The van der Waals surface area contributed by atoms with E-state index in [0.717, 1.165) is 17.4 Å². The molecule has 1 amide bonds. The van der Waals surface area contributed by atoms with E-state index in [-0.39, 0.29) is 12.3 Å². The van der Waals surface area contributed by atoms with Crippen LogP contribution in [0.3, 0.4) is 0 Å². The molecule has 2 N–H and O–H groups in total. The normalized spacial score (nSPS) is 11.1. The minimum atomic E-state index is -3.37. The second kappa shape index (κ2) is 7.02. The van der Waals surface area contributed by atoms with Gasteiger partial charge in [-0.15, -0.1) is 0 Å². The first-order chi connectivity index (χ1) is 10.7. The zero-order valence-electron chi connectivity index (χ0n) is 12.8. The molecule has 5 nitrogen and oxygen atoms in total. The summed E-state index contributed by atoms with van der Waals surface area (Å²) in [4.78, 5) is 12.1. The van der Waals surface area contributed by atoms with E-state index in [1.54, 1.807) is 49.4 Å². The SMILES string of the molecule is Cc1ccc(NC(=O)Cc2ccc(Cl)cc2)cc1NS(C)(=O)=O. The lowest BCUT2D eigenvalue weighted by Crippen LogP contribution is -2.15. The number of hydrogen-bond acceptors (Lipinski definition) is 3. The highest BCUT2D eigenvalue weighted by molar-refractivity contribution is 7.92. The van der Waals surface area contributed by atoms with Crippen molar-refractivity contribution in [3.63, 3.8) is 0 Å². The first-order valence-corrected chi connectivity index (χ1v) is 9.12. The minimum Gasteiger partial charge on any atom is -0.326 e. The van der Waals surface area contributed by atoms with Gasteiger partial charge in [-0.25, -0.2) is 8.42 Å². The Labute approximate surface area is 140 Å². The van der Waals surface area contributed by atoms with E-state index in [1.807, 2.05) is 0 Å². The van der Waals surface area contributed by atoms with Crippen molar-refractivity contribution in [2.75, 3.05) is 16.3 Å². The maximum absolute atomic E-state index is 12.1. The molecule has 0 spiro atoms. The van der Waals surface area contributed by atoms with Gasteiger partial charge in [-0.05, 0) is 42.3 Å². The van der Waals surface area contributed by atoms with E-state index in [2.05, 4.69) is 10.0 Å². The van der Waals surface area contributed by atoms with Crippen molar-refractivity contribution in [3.8, 4) is 0 Å². The summed E-state index contributed by atoms with van der Waals surface area (Å²) < 4.78 is 25.1. The minimum absolute atomic E-state index is 0.193. The first-order valence-electron chi connectivity index (χ1n) is 6.86. The Morgan fingerprint density at radius 2 is 1.78 bits per heavy atom. The summed E-state index contributed by atoms with van der Waals surface area (Å²) in [5.41, 5.74) is 2.58. The number of hydrogen-bond donors (Lipinski definition) is 2. The number of anilines is 2. The van der Waals surface area contributed by atoms with Crippen LogP contribution < -0.4 is 10.0 Å². The molecule has 0 aliphatic heterocycles. The second-order valence-corrected chi connectivity index (χ2v) is 7.44. The quantitative estimate of drug-likeness (QED) is 0.867. The van der Waals surface area contributed by atoms with E-state index in [9.17, 15) is 13.2 Å². The summed E-state index contributed by atoms with van der Waals surface area (Å²) in [7, 11) is -3.37. The molecule has 2 aromatic rings. The predicted molar refractivity (Wildman–Crippen MR) is 93.4 cm³/mol. The van der Waals surface area contributed by atoms with Crippen LogP contribution in [0.1, 0.15) is 11.1 Å². The van der Waals surface area contributed by atoms with Gasteiger partial charge in [0.1, 0.15) is 0 Å². The molecule has 0 aromatic heterocycles. The Balaban J connectivity index is 2.09. The van der Waals surface area contributed by atoms with Gasteiger partial charge in [0.25, 0.3) is 0 Å². The third kappa shape index (κ3) is 5.58. The number of carbonyl (C=O) groups is 1. The lowest BCUT2D eigenvalue weighted by atomic mass is 10.1. The van der Waals surface area contributed by atoms with Gasteiger partial charge in [-0.3, -0.25) is 9.52 Å². The van der Waals surface area contributed by atoms with Crippen LogP contribution in [-0.2, 0) is 21.2 Å². The Kier molecular flexibility index (Phi) is 5.28. The molecule has 0 bridgehead atoms. The number of sulfonamides is 1. The van der Waals surface area contributed by atoms with Crippen LogP contribution in [-0.4, -0.2) is 20.6 Å². The molecule has 0 heterocycles. The van der Waals surface area contributed by atoms with Crippen LogP contribution in [0.2, 0.25) is 5.02 Å². The topological polar surface area (TPSA) is 75.3 Å². The molecule has 2 rings (SSSR count). The van der Waals surface area contributed by atoms with Crippen molar-refractivity contribution in [1.82, 2.24) is 0 Å². The molecule has 122 valence electrons. The van der Waals surface area contributed by atoms with Gasteiger partial charge in [-0.2, -0.15) is 0 Å². The number of nitrogens with one attached hydrogen (secondary N) is 2. The second-order valence-electron chi connectivity index (χ2n) is 5.26. The monoisotopic (exact) mass is 352 g/mol. The Morgan fingerprint density at radius 3 is 2.39 bits per heavy atom. The van der Waals surface area contributed by atoms with Crippen molar-refractivity contribution >= 4 is 38.9 Å². The van der Waals surface area contributed by atoms with E-state index < -0.39 is 10.0 Å². The third-order valence-corrected chi connectivity index (χ3v) is 3.94. The van der Waals surface area contributed by atoms with Crippen LogP contribution in [0, 0.1) is 6.92 Å². The molecule has 23 heavy (non-hydrogen) atoms. The average molecular weight is 353 g/mol. The largest absolute Gasteiger partial charge is 0.326 e. The fraction of sp³-hybridized carbons (Fsp3) is 0.188. The van der Waals surface area contributed by atoms with Crippen molar-refractivity contribution < 1.29 is 13.2 Å². The number of halogens is 1. The van der Waals surface area contributed by atoms with Crippen molar-refractivity contribution in [3.05, 3.63) is 58.6 Å². The van der Waals surface area contributed by atoms with Crippen LogP contribution >= 0.6 is 11.6 Å². The zero-order chi connectivity index (χ0) is 17.0. The van der Waals surface area contributed by atoms with Crippen molar-refractivity contribution in [2.45, 2.75) is 13.3 Å². The molecule has 0 saturated carbocycles. The lowest BCUT2D eigenvalue weighted by Gasteiger charge is -2.11. The van der Waals surface area contributed by atoms with Gasteiger partial charge in [0.2, 0.25) is 15.9 Å². The predicted octanol–water partition coefficient (Wildman–Crippen LogP) is 3.20. The smallest absolute Gasteiger partial charge is 0.229 e. The molecule has 0 saturated heterocycles. The molecule has 0 fully saturated rings. The van der Waals surface area contributed by atoms with E-state index in [1.165, 1.54) is 0 Å². The maximum atomic E-state index is 12.1. The highest BCUT2D eigenvalue weighted by Crippen LogP contribution is 2.21. The first kappa shape index (κ1) is 17.3. The average Bonchev–Trinajstić information content (AvgIpc) is 2.43. The highest BCUT2D eigenvalue weighted by Gasteiger charge is 2.09. The lowest BCUT2D eigenvalue weighted by molar-refractivity contribution is -0.115. The molecule has 7 heteroatoms. The molecule has 0 unspecified atom stereocenters. The molecule has 0 atom stereocenters. The van der Waals surface area contributed by atoms with E-state index >= 15 is 0 Å². The fourth-order valence-electron chi connectivity index (χ4n) is 2.00. The fourth-order valence-corrected chi connectivity index (χ4v) is 2.75. The molecule has 0 aliphatic carbocycles. The number of benzene rings is 2. The number of carbonyl (C=O) groups excluding carboxylic acids is 1. The van der Waals surface area contributed by atoms with Gasteiger partial charge in [-0.1, -0.05) is 29.8 Å². The molecule has 0 aliphatic rings. The highest BCUT2D eigenvalue weighted by atomic mass is 35.5. The third-order valence-electron chi connectivity index (χ3n) is 3.09. The number of amides is 1. The van der Waals surface area contributed by atoms with Crippen LogP contribution in [0.25, 0.3) is 0 Å². The van der Waals surface area contributed by atoms with Crippen LogP contribution in [0.5, 0.6) is 0 Å². The van der Waals surface area contributed by atoms with Gasteiger partial charge in [0, 0.05) is 10.7 Å². The summed E-state index contributed by atoms with van der Waals surface area (Å²) in [6, 6.07) is 12.1. The molecular weight excluding hydrogens is 336 g/mol. The van der Waals surface area contributed by atoms with Crippen molar-refractivity contribution in [2.24, 2.45) is 0 Å². The maximum Gasteiger partial charge on any atom is 0.229 e. The van der Waals surface area contributed by atoms with Crippen LogP contribution in [0.15, 0.2) is 42.5 Å².